The molecule has 0 amide bonds. The molecule has 12 heteroatoms. The molecule has 0 radical (unpaired) electrons. The molecule has 3 aromatic rings. The van der Waals surface area contributed by atoms with Crippen LogP contribution < -0.4 is 10.2 Å². The molecule has 0 spiro atoms. The molecule has 6 rings (SSSR count). The second kappa shape index (κ2) is 10.5. The molecule has 2 aromatic heterocycles. The number of likely N-dealkylation sites (tertiary alicyclic amines) is 1. The van der Waals surface area contributed by atoms with Crippen LogP contribution in [0.2, 0.25) is 0 Å². The average molecular weight is 558 g/mol. The lowest BCUT2D eigenvalue weighted by atomic mass is 9.94. The Hall–Kier alpha value is -3.54. The molecule has 40 heavy (non-hydrogen) atoms. The van der Waals surface area contributed by atoms with Crippen molar-refractivity contribution in [2.24, 2.45) is 0 Å². The van der Waals surface area contributed by atoms with Crippen LogP contribution in [-0.4, -0.2) is 70.0 Å². The molecule has 212 valence electrons. The number of aldehydes is 1. The predicted octanol–water partition coefficient (Wildman–Crippen LogP) is 4.68. The minimum absolute atomic E-state index is 0.107. The quantitative estimate of drug-likeness (QED) is 0.360. The van der Waals surface area contributed by atoms with E-state index in [9.17, 15) is 22.4 Å². The van der Waals surface area contributed by atoms with Crippen LogP contribution in [-0.2, 0) is 17.4 Å². The predicted molar refractivity (Wildman–Crippen MR) is 142 cm³/mol. The maximum Gasteiger partial charge on any atom is 0.419 e. The second-order valence-corrected chi connectivity index (χ2v) is 11.0. The van der Waals surface area contributed by atoms with Crippen molar-refractivity contribution in [3.8, 4) is 11.3 Å². The second-order valence-electron chi connectivity index (χ2n) is 11.0. The van der Waals surface area contributed by atoms with Gasteiger partial charge in [0, 0.05) is 55.3 Å². The van der Waals surface area contributed by atoms with Crippen molar-refractivity contribution < 1.29 is 22.4 Å². The fourth-order valence-electron chi connectivity index (χ4n) is 6.28. The summed E-state index contributed by atoms with van der Waals surface area (Å²) in [5, 5.41) is 3.12. The number of anilines is 2. The first-order valence-corrected chi connectivity index (χ1v) is 13.7. The Labute approximate surface area is 229 Å². The van der Waals surface area contributed by atoms with E-state index < -0.39 is 17.6 Å². The Morgan fingerprint density at radius 1 is 1.10 bits per heavy atom. The lowest BCUT2D eigenvalue weighted by Crippen LogP contribution is -2.37. The van der Waals surface area contributed by atoms with Crippen molar-refractivity contribution in [2.45, 2.75) is 56.3 Å². The number of hydrogen-bond acceptors (Lipinski definition) is 7. The molecule has 1 N–H and O–H groups in total. The zero-order valence-electron chi connectivity index (χ0n) is 22.2. The number of alkyl halides is 3. The summed E-state index contributed by atoms with van der Waals surface area (Å²) >= 11 is 0. The molecule has 2 saturated heterocycles. The summed E-state index contributed by atoms with van der Waals surface area (Å²) in [5.41, 5.74) is 0.346. The number of nitrogens with one attached hydrogen (secondary N) is 1. The van der Waals surface area contributed by atoms with Gasteiger partial charge >= 0.3 is 6.18 Å². The van der Waals surface area contributed by atoms with Gasteiger partial charge in [-0.25, -0.2) is 19.3 Å². The van der Waals surface area contributed by atoms with Crippen molar-refractivity contribution in [1.82, 2.24) is 24.4 Å². The Morgan fingerprint density at radius 3 is 2.62 bits per heavy atom. The third-order valence-electron chi connectivity index (χ3n) is 8.31. The standard InChI is InChI=1S/C28H31F4N7O/c1-37-8-2-3-20(13-37)39-14-24(18-4-5-23(29)22(11-18)28(30,31)32)36-26(39)17-6-9-38(10-7-17)27-21-12-19(15-40)35-25(21)33-16-34-27/h4-5,11,14-17,19-20H,2-3,6-10,12-13H2,1H3,(H,33,34,35)/t19?,20-/m1/s1. The van der Waals surface area contributed by atoms with Gasteiger partial charge < -0.3 is 24.5 Å². The molecule has 2 fully saturated rings. The molecule has 2 atom stereocenters. The normalized spacial score (nSPS) is 22.3. The smallest absolute Gasteiger partial charge is 0.360 e. The fraction of sp³-hybridized carbons (Fsp3) is 0.500. The van der Waals surface area contributed by atoms with Crippen molar-refractivity contribution in [2.75, 3.05) is 43.4 Å². The topological polar surface area (TPSA) is 79.2 Å². The lowest BCUT2D eigenvalue weighted by Gasteiger charge is -2.36. The molecule has 0 bridgehead atoms. The summed E-state index contributed by atoms with van der Waals surface area (Å²) in [6.45, 7) is 3.28. The van der Waals surface area contributed by atoms with E-state index in [0.717, 1.165) is 87.5 Å². The number of benzene rings is 1. The Bertz CT molecular complexity index is 1400. The third-order valence-corrected chi connectivity index (χ3v) is 8.31. The van der Waals surface area contributed by atoms with Crippen LogP contribution in [0.5, 0.6) is 0 Å². The van der Waals surface area contributed by atoms with E-state index in [-0.39, 0.29) is 23.6 Å². The van der Waals surface area contributed by atoms with Gasteiger partial charge in [-0.3, -0.25) is 0 Å². The van der Waals surface area contributed by atoms with Crippen LogP contribution >= 0.6 is 0 Å². The Kier molecular flexibility index (Phi) is 6.97. The monoisotopic (exact) mass is 557 g/mol. The van der Waals surface area contributed by atoms with Crippen LogP contribution in [0.4, 0.5) is 29.2 Å². The largest absolute Gasteiger partial charge is 0.419 e. The summed E-state index contributed by atoms with van der Waals surface area (Å²) in [6, 6.07) is 2.96. The number of piperidine rings is 2. The van der Waals surface area contributed by atoms with Crippen molar-refractivity contribution >= 4 is 17.9 Å². The van der Waals surface area contributed by atoms with E-state index in [1.165, 1.54) is 12.4 Å². The SMILES string of the molecule is CN1CCC[C@@H](n2cc(-c3ccc(F)c(C(F)(F)F)c3)nc2C2CCN(c3ncnc4c3CC(C=O)N4)CC2)C1. The van der Waals surface area contributed by atoms with Crippen LogP contribution in [0.3, 0.4) is 0 Å². The van der Waals surface area contributed by atoms with Gasteiger partial charge in [0.15, 0.2) is 0 Å². The van der Waals surface area contributed by atoms with Gasteiger partial charge in [-0.05, 0) is 57.5 Å². The molecular formula is C28H31F4N7O. The minimum Gasteiger partial charge on any atom is -0.360 e. The highest BCUT2D eigenvalue weighted by Gasteiger charge is 2.35. The molecule has 0 aliphatic carbocycles. The van der Waals surface area contributed by atoms with Gasteiger partial charge in [0.2, 0.25) is 0 Å². The molecule has 1 aromatic carbocycles. The van der Waals surface area contributed by atoms with Gasteiger partial charge in [-0.2, -0.15) is 13.2 Å². The molecular weight excluding hydrogens is 526 g/mol. The van der Waals surface area contributed by atoms with Crippen LogP contribution in [0.25, 0.3) is 11.3 Å². The van der Waals surface area contributed by atoms with Crippen molar-refractivity contribution in [3.05, 3.63) is 53.5 Å². The number of aromatic nitrogens is 4. The summed E-state index contributed by atoms with van der Waals surface area (Å²) in [4.78, 5) is 29.5. The van der Waals surface area contributed by atoms with Gasteiger partial charge in [0.1, 0.15) is 35.9 Å². The number of nitrogens with zero attached hydrogens (tertiary/aromatic N) is 6. The highest BCUT2D eigenvalue weighted by molar-refractivity contribution is 5.73. The molecule has 8 nitrogen and oxygen atoms in total. The number of imidazole rings is 1. The molecule has 3 aliphatic heterocycles. The number of carbonyl (C=O) groups is 1. The van der Waals surface area contributed by atoms with Crippen LogP contribution in [0.1, 0.15) is 54.6 Å². The number of hydrogen-bond donors (Lipinski definition) is 1. The van der Waals surface area contributed by atoms with E-state index in [0.29, 0.717) is 17.9 Å². The highest BCUT2D eigenvalue weighted by Crippen LogP contribution is 2.39. The zero-order valence-corrected chi connectivity index (χ0v) is 22.2. The maximum atomic E-state index is 14.0. The summed E-state index contributed by atoms with van der Waals surface area (Å²) in [6.07, 6.45) is 3.58. The van der Waals surface area contributed by atoms with Gasteiger partial charge in [0.25, 0.3) is 0 Å². The first-order chi connectivity index (χ1) is 19.2. The maximum absolute atomic E-state index is 14.0. The van der Waals surface area contributed by atoms with E-state index in [1.807, 2.05) is 6.20 Å². The van der Waals surface area contributed by atoms with Crippen molar-refractivity contribution in [1.29, 1.82) is 0 Å². The van der Waals surface area contributed by atoms with Gasteiger partial charge in [-0.15, -0.1) is 0 Å². The zero-order chi connectivity index (χ0) is 28.0. The molecule has 3 aliphatic rings. The fourth-order valence-corrected chi connectivity index (χ4v) is 6.28. The first-order valence-electron chi connectivity index (χ1n) is 13.7. The number of carbonyl (C=O) groups excluding carboxylic acids is 1. The lowest BCUT2D eigenvalue weighted by molar-refractivity contribution is -0.139. The van der Waals surface area contributed by atoms with E-state index in [4.69, 9.17) is 4.98 Å². The summed E-state index contributed by atoms with van der Waals surface area (Å²) in [7, 11) is 2.07. The van der Waals surface area contributed by atoms with E-state index >= 15 is 0 Å². The summed E-state index contributed by atoms with van der Waals surface area (Å²) < 4.78 is 56.5. The van der Waals surface area contributed by atoms with Crippen molar-refractivity contribution in [3.63, 3.8) is 0 Å². The van der Waals surface area contributed by atoms with E-state index in [1.54, 1.807) is 0 Å². The molecule has 1 unspecified atom stereocenters. The number of fused-ring (bicyclic) bond motifs is 1. The van der Waals surface area contributed by atoms with Crippen LogP contribution in [0, 0.1) is 5.82 Å². The molecule has 5 heterocycles. The number of likely N-dealkylation sites (N-methyl/N-ethyl adjacent to an activating group) is 1. The average Bonchev–Trinajstić information content (AvgIpc) is 3.58. The third kappa shape index (κ3) is 5.04. The number of halogens is 4. The van der Waals surface area contributed by atoms with Gasteiger partial charge in [0.05, 0.1) is 17.3 Å². The Balaban J connectivity index is 1.29. The van der Waals surface area contributed by atoms with Gasteiger partial charge in [-0.1, -0.05) is 0 Å². The van der Waals surface area contributed by atoms with E-state index in [2.05, 4.69) is 36.7 Å². The minimum atomic E-state index is -4.78. The van der Waals surface area contributed by atoms with Crippen LogP contribution in [0.15, 0.2) is 30.7 Å². The Morgan fingerprint density at radius 2 is 1.90 bits per heavy atom. The summed E-state index contributed by atoms with van der Waals surface area (Å²) in [5.74, 6) is 1.22. The first kappa shape index (κ1) is 26.7. The highest BCUT2D eigenvalue weighted by atomic mass is 19.4. The molecule has 0 saturated carbocycles. The number of rotatable bonds is 5.